The predicted molar refractivity (Wildman–Crippen MR) is 77.9 cm³/mol. The molecule has 21 heavy (non-hydrogen) atoms. The normalized spacial score (nSPS) is 10.8. The largest absolute Gasteiger partial charge is 0.462 e. The summed E-state index contributed by atoms with van der Waals surface area (Å²) in [6, 6.07) is 9.51. The molecule has 0 aliphatic heterocycles. The van der Waals surface area contributed by atoms with Gasteiger partial charge in [-0.25, -0.2) is 4.79 Å². The molecule has 3 aromatic rings. The molecule has 0 bridgehead atoms. The number of esters is 1. The molecule has 0 unspecified atom stereocenters. The number of aromatic nitrogens is 2. The third kappa shape index (κ3) is 2.27. The molecule has 0 saturated carbocycles. The second kappa shape index (κ2) is 5.36. The van der Waals surface area contributed by atoms with Gasteiger partial charge in [-0.2, -0.15) is 0 Å². The standard InChI is InChI=1S/C16H14N2O3/c1-3-20-16(19)14-10(2)21-18-15(14)12-8-9-17-13-7-5-4-6-11(12)13/h4-9H,3H2,1-2H3. The van der Waals surface area contributed by atoms with Gasteiger partial charge >= 0.3 is 5.97 Å². The van der Waals surface area contributed by atoms with Crippen LogP contribution in [0.1, 0.15) is 23.0 Å². The Bertz CT molecular complexity index is 803. The van der Waals surface area contributed by atoms with Gasteiger partial charge in [-0.05, 0) is 26.0 Å². The van der Waals surface area contributed by atoms with Gasteiger partial charge in [-0.1, -0.05) is 23.4 Å². The topological polar surface area (TPSA) is 65.2 Å². The molecule has 2 aromatic heterocycles. The van der Waals surface area contributed by atoms with E-state index < -0.39 is 5.97 Å². The molecule has 0 atom stereocenters. The minimum Gasteiger partial charge on any atom is -0.462 e. The van der Waals surface area contributed by atoms with Gasteiger partial charge < -0.3 is 9.26 Å². The van der Waals surface area contributed by atoms with Crippen LogP contribution in [0.25, 0.3) is 22.2 Å². The van der Waals surface area contributed by atoms with E-state index in [0.717, 1.165) is 16.5 Å². The van der Waals surface area contributed by atoms with E-state index in [1.807, 2.05) is 30.3 Å². The molecule has 0 amide bonds. The summed E-state index contributed by atoms with van der Waals surface area (Å²) < 4.78 is 10.3. The molecule has 5 heteroatoms. The Kier molecular flexibility index (Phi) is 3.39. The number of carbonyl (C=O) groups is 1. The number of nitrogens with zero attached hydrogens (tertiary/aromatic N) is 2. The number of benzene rings is 1. The van der Waals surface area contributed by atoms with E-state index in [0.29, 0.717) is 23.6 Å². The number of rotatable bonds is 3. The third-order valence-corrected chi connectivity index (χ3v) is 3.25. The molecule has 0 spiro atoms. The van der Waals surface area contributed by atoms with Gasteiger partial charge in [0.25, 0.3) is 0 Å². The van der Waals surface area contributed by atoms with Gasteiger partial charge in [0, 0.05) is 17.1 Å². The van der Waals surface area contributed by atoms with Crippen LogP contribution in [0.15, 0.2) is 41.1 Å². The molecule has 0 aliphatic rings. The van der Waals surface area contributed by atoms with Gasteiger partial charge in [-0.3, -0.25) is 4.98 Å². The van der Waals surface area contributed by atoms with Crippen molar-refractivity contribution in [3.05, 3.63) is 47.9 Å². The Morgan fingerprint density at radius 3 is 2.90 bits per heavy atom. The van der Waals surface area contributed by atoms with E-state index in [9.17, 15) is 4.79 Å². The Hall–Kier alpha value is -2.69. The van der Waals surface area contributed by atoms with E-state index in [2.05, 4.69) is 10.1 Å². The smallest absolute Gasteiger partial charge is 0.344 e. The highest BCUT2D eigenvalue weighted by molar-refractivity contribution is 6.02. The van der Waals surface area contributed by atoms with Crippen molar-refractivity contribution in [1.29, 1.82) is 0 Å². The summed E-state index contributed by atoms with van der Waals surface area (Å²) in [6.45, 7) is 3.77. The van der Waals surface area contributed by atoms with Crippen molar-refractivity contribution in [3.63, 3.8) is 0 Å². The van der Waals surface area contributed by atoms with Crippen molar-refractivity contribution in [2.75, 3.05) is 6.61 Å². The highest BCUT2D eigenvalue weighted by atomic mass is 16.5. The van der Waals surface area contributed by atoms with Crippen molar-refractivity contribution in [1.82, 2.24) is 10.1 Å². The molecule has 0 saturated heterocycles. The van der Waals surface area contributed by atoms with Crippen molar-refractivity contribution in [2.45, 2.75) is 13.8 Å². The average molecular weight is 282 g/mol. The molecule has 5 nitrogen and oxygen atoms in total. The van der Waals surface area contributed by atoms with Gasteiger partial charge in [0.2, 0.25) is 0 Å². The first-order chi connectivity index (χ1) is 10.2. The zero-order chi connectivity index (χ0) is 14.8. The summed E-state index contributed by atoms with van der Waals surface area (Å²) in [5, 5.41) is 4.95. The monoisotopic (exact) mass is 282 g/mol. The number of aryl methyl sites for hydroxylation is 1. The van der Waals surface area contributed by atoms with Gasteiger partial charge in [0.1, 0.15) is 17.0 Å². The summed E-state index contributed by atoms with van der Waals surface area (Å²) in [6.07, 6.45) is 1.69. The Morgan fingerprint density at radius 2 is 2.10 bits per heavy atom. The van der Waals surface area contributed by atoms with E-state index in [4.69, 9.17) is 9.26 Å². The lowest BCUT2D eigenvalue weighted by molar-refractivity contribution is 0.0525. The maximum absolute atomic E-state index is 12.1. The van der Waals surface area contributed by atoms with Crippen LogP contribution in [0.5, 0.6) is 0 Å². The van der Waals surface area contributed by atoms with Gasteiger partial charge in [-0.15, -0.1) is 0 Å². The molecular formula is C16H14N2O3. The number of hydrogen-bond acceptors (Lipinski definition) is 5. The quantitative estimate of drug-likeness (QED) is 0.689. The SMILES string of the molecule is CCOC(=O)c1c(-c2ccnc3ccccc23)noc1C. The number of para-hydroxylation sites is 1. The van der Waals surface area contributed by atoms with Crippen molar-refractivity contribution >= 4 is 16.9 Å². The summed E-state index contributed by atoms with van der Waals surface area (Å²) in [7, 11) is 0. The molecule has 0 N–H and O–H groups in total. The van der Waals surface area contributed by atoms with E-state index in [-0.39, 0.29) is 0 Å². The maximum Gasteiger partial charge on any atom is 0.344 e. The zero-order valence-electron chi connectivity index (χ0n) is 11.8. The molecule has 2 heterocycles. The fourth-order valence-electron chi connectivity index (χ4n) is 2.30. The zero-order valence-corrected chi connectivity index (χ0v) is 11.8. The van der Waals surface area contributed by atoms with Crippen LogP contribution < -0.4 is 0 Å². The lowest BCUT2D eigenvalue weighted by Gasteiger charge is -2.05. The van der Waals surface area contributed by atoms with E-state index in [1.54, 1.807) is 20.0 Å². The summed E-state index contributed by atoms with van der Waals surface area (Å²) in [4.78, 5) is 16.4. The fourth-order valence-corrected chi connectivity index (χ4v) is 2.30. The average Bonchev–Trinajstić information content (AvgIpc) is 2.88. The number of hydrogen-bond donors (Lipinski definition) is 0. The van der Waals surface area contributed by atoms with Crippen LogP contribution in [0.3, 0.4) is 0 Å². The fraction of sp³-hybridized carbons (Fsp3) is 0.188. The lowest BCUT2D eigenvalue weighted by atomic mass is 10.0. The van der Waals surface area contributed by atoms with Crippen molar-refractivity contribution < 1.29 is 14.1 Å². The molecule has 0 radical (unpaired) electrons. The number of pyridine rings is 1. The van der Waals surface area contributed by atoms with Crippen molar-refractivity contribution in [2.24, 2.45) is 0 Å². The Labute approximate surface area is 121 Å². The Balaban J connectivity index is 2.22. The minimum atomic E-state index is -0.424. The molecule has 1 aromatic carbocycles. The van der Waals surface area contributed by atoms with E-state index >= 15 is 0 Å². The van der Waals surface area contributed by atoms with Crippen LogP contribution in [-0.2, 0) is 4.74 Å². The molecule has 106 valence electrons. The van der Waals surface area contributed by atoms with Crippen LogP contribution >= 0.6 is 0 Å². The first-order valence-corrected chi connectivity index (χ1v) is 6.70. The first kappa shape index (κ1) is 13.3. The highest BCUT2D eigenvalue weighted by Gasteiger charge is 2.23. The molecule has 0 aliphatic carbocycles. The second-order valence-electron chi connectivity index (χ2n) is 4.56. The van der Waals surface area contributed by atoms with Crippen LogP contribution in [-0.4, -0.2) is 22.7 Å². The predicted octanol–water partition coefficient (Wildman–Crippen LogP) is 3.37. The van der Waals surface area contributed by atoms with Crippen molar-refractivity contribution in [3.8, 4) is 11.3 Å². The number of fused-ring (bicyclic) bond motifs is 1. The maximum atomic E-state index is 12.1. The van der Waals surface area contributed by atoms with Crippen LogP contribution in [0.2, 0.25) is 0 Å². The number of ether oxygens (including phenoxy) is 1. The molecule has 0 fully saturated rings. The molecular weight excluding hydrogens is 268 g/mol. The summed E-state index contributed by atoms with van der Waals surface area (Å²) in [5.41, 5.74) is 2.50. The first-order valence-electron chi connectivity index (χ1n) is 6.70. The molecule has 3 rings (SSSR count). The number of carbonyl (C=O) groups excluding carboxylic acids is 1. The van der Waals surface area contributed by atoms with Crippen LogP contribution in [0.4, 0.5) is 0 Å². The highest BCUT2D eigenvalue weighted by Crippen LogP contribution is 2.31. The Morgan fingerprint density at radius 1 is 1.29 bits per heavy atom. The van der Waals surface area contributed by atoms with Gasteiger partial charge in [0.05, 0.1) is 12.1 Å². The minimum absolute atomic E-state index is 0.306. The lowest BCUT2D eigenvalue weighted by Crippen LogP contribution is -2.06. The summed E-state index contributed by atoms with van der Waals surface area (Å²) >= 11 is 0. The summed E-state index contributed by atoms with van der Waals surface area (Å²) in [5.74, 6) is 0.0245. The van der Waals surface area contributed by atoms with Crippen LogP contribution in [0, 0.1) is 6.92 Å². The van der Waals surface area contributed by atoms with Gasteiger partial charge in [0.15, 0.2) is 0 Å². The van der Waals surface area contributed by atoms with E-state index in [1.165, 1.54) is 0 Å². The second-order valence-corrected chi connectivity index (χ2v) is 4.56. The third-order valence-electron chi connectivity index (χ3n) is 3.25.